The molecule has 0 saturated heterocycles. The molecule has 9 heteroatoms. The monoisotopic (exact) mass is 392 g/mol. The summed E-state index contributed by atoms with van der Waals surface area (Å²) in [6.45, 7) is 0.801. The molecule has 2 aromatic carbocycles. The number of carbonyl (C=O) groups excluding carboxylic acids is 2. The molecule has 0 aliphatic heterocycles. The lowest BCUT2D eigenvalue weighted by atomic mass is 10.2. The Morgan fingerprint density at radius 1 is 1.11 bits per heavy atom. The maximum absolute atomic E-state index is 12.5. The Morgan fingerprint density at radius 3 is 2.25 bits per heavy atom. The van der Waals surface area contributed by atoms with Gasteiger partial charge in [-0.05, 0) is 55.5 Å². The summed E-state index contributed by atoms with van der Waals surface area (Å²) < 4.78 is 47.6. The molecule has 0 aliphatic rings. The summed E-state index contributed by atoms with van der Waals surface area (Å²) in [6, 6.07) is 11.9. The Kier molecular flexibility index (Phi) is 6.60. The molecule has 2 rings (SSSR count). The zero-order valence-electron chi connectivity index (χ0n) is 14.6. The van der Waals surface area contributed by atoms with Crippen LogP contribution < -0.4 is 10.1 Å². The van der Waals surface area contributed by atoms with Crippen LogP contribution in [0, 0.1) is 11.3 Å². The van der Waals surface area contributed by atoms with Crippen LogP contribution in [0.5, 0.6) is 5.75 Å². The molecule has 1 amide bonds. The number of ether oxygens (including phenoxy) is 2. The van der Waals surface area contributed by atoms with Gasteiger partial charge in [0.2, 0.25) is 0 Å². The Balaban J connectivity index is 1.81. The van der Waals surface area contributed by atoms with Gasteiger partial charge >= 0.3 is 12.1 Å². The van der Waals surface area contributed by atoms with Gasteiger partial charge in [0, 0.05) is 5.69 Å². The van der Waals surface area contributed by atoms with Crippen molar-refractivity contribution in [3.8, 4) is 11.8 Å². The fourth-order valence-electron chi connectivity index (χ4n) is 2.05. The summed E-state index contributed by atoms with van der Waals surface area (Å²) in [6.07, 6.45) is -5.48. The number of nitriles is 1. The van der Waals surface area contributed by atoms with E-state index in [-0.39, 0.29) is 5.69 Å². The summed E-state index contributed by atoms with van der Waals surface area (Å²) >= 11 is 0. The highest BCUT2D eigenvalue weighted by Gasteiger charge is 2.30. The van der Waals surface area contributed by atoms with Crippen LogP contribution in [0.15, 0.2) is 48.5 Å². The molecule has 0 bridgehead atoms. The van der Waals surface area contributed by atoms with Crippen molar-refractivity contribution in [2.24, 2.45) is 0 Å². The van der Waals surface area contributed by atoms with Crippen molar-refractivity contribution in [3.05, 3.63) is 59.7 Å². The number of hydrogen-bond donors (Lipinski definition) is 1. The van der Waals surface area contributed by atoms with E-state index >= 15 is 0 Å². The lowest BCUT2D eigenvalue weighted by Gasteiger charge is -2.14. The maximum Gasteiger partial charge on any atom is 0.416 e. The van der Waals surface area contributed by atoms with Crippen LogP contribution in [0.25, 0.3) is 0 Å². The molecule has 0 saturated carbocycles. The van der Waals surface area contributed by atoms with Crippen molar-refractivity contribution in [1.82, 2.24) is 0 Å². The quantitative estimate of drug-likeness (QED) is 0.760. The maximum atomic E-state index is 12.5. The van der Waals surface area contributed by atoms with Gasteiger partial charge in [-0.1, -0.05) is 0 Å². The lowest BCUT2D eigenvalue weighted by Crippen LogP contribution is -2.29. The van der Waals surface area contributed by atoms with Gasteiger partial charge in [0.1, 0.15) is 5.75 Å². The molecule has 146 valence electrons. The van der Waals surface area contributed by atoms with Crippen LogP contribution in [0.1, 0.15) is 18.1 Å². The number of carbonyl (C=O) groups is 2. The van der Waals surface area contributed by atoms with Crippen LogP contribution in [0.4, 0.5) is 18.9 Å². The molecule has 1 atom stereocenters. The van der Waals surface area contributed by atoms with E-state index in [2.05, 4.69) is 5.32 Å². The van der Waals surface area contributed by atoms with Crippen molar-refractivity contribution in [2.75, 3.05) is 11.9 Å². The van der Waals surface area contributed by atoms with Crippen LogP contribution in [-0.4, -0.2) is 24.6 Å². The number of rotatable bonds is 6. The molecule has 0 spiro atoms. The van der Waals surface area contributed by atoms with E-state index < -0.39 is 36.3 Å². The van der Waals surface area contributed by atoms with Crippen molar-refractivity contribution in [1.29, 1.82) is 5.26 Å². The predicted molar refractivity (Wildman–Crippen MR) is 92.3 cm³/mol. The predicted octanol–water partition coefficient (Wildman–Crippen LogP) is 3.53. The smallest absolute Gasteiger partial charge is 0.416 e. The minimum atomic E-state index is -4.47. The zero-order chi connectivity index (χ0) is 20.7. The highest BCUT2D eigenvalue weighted by Crippen LogP contribution is 2.29. The summed E-state index contributed by atoms with van der Waals surface area (Å²) in [7, 11) is 0. The Labute approximate surface area is 158 Å². The SMILES string of the molecule is C[C@H](Oc1ccc(C#N)cc1)C(=O)OCC(=O)Nc1ccc(C(F)(F)F)cc1. The Morgan fingerprint density at radius 2 is 1.71 bits per heavy atom. The minimum absolute atomic E-state index is 0.135. The number of hydrogen-bond acceptors (Lipinski definition) is 5. The molecule has 0 heterocycles. The van der Waals surface area contributed by atoms with Crippen molar-refractivity contribution in [2.45, 2.75) is 19.2 Å². The number of benzene rings is 2. The van der Waals surface area contributed by atoms with Crippen LogP contribution >= 0.6 is 0 Å². The highest BCUT2D eigenvalue weighted by molar-refractivity contribution is 5.93. The third-order valence-corrected chi connectivity index (χ3v) is 3.47. The zero-order valence-corrected chi connectivity index (χ0v) is 14.6. The van der Waals surface area contributed by atoms with Gasteiger partial charge in [-0.25, -0.2) is 4.79 Å². The van der Waals surface area contributed by atoms with E-state index in [1.807, 2.05) is 6.07 Å². The van der Waals surface area contributed by atoms with E-state index in [4.69, 9.17) is 14.7 Å². The van der Waals surface area contributed by atoms with Crippen LogP contribution in [0.3, 0.4) is 0 Å². The topological polar surface area (TPSA) is 88.4 Å². The van der Waals surface area contributed by atoms with Crippen molar-refractivity contribution in [3.63, 3.8) is 0 Å². The molecule has 28 heavy (non-hydrogen) atoms. The number of esters is 1. The van der Waals surface area contributed by atoms with Gasteiger partial charge in [0.25, 0.3) is 5.91 Å². The molecule has 2 aromatic rings. The number of alkyl halides is 3. The fraction of sp³-hybridized carbons (Fsp3) is 0.211. The van der Waals surface area contributed by atoms with E-state index in [1.165, 1.54) is 31.2 Å². The molecule has 6 nitrogen and oxygen atoms in total. The van der Waals surface area contributed by atoms with Gasteiger partial charge in [0.15, 0.2) is 12.7 Å². The summed E-state index contributed by atoms with van der Waals surface area (Å²) in [5.74, 6) is -1.16. The average molecular weight is 392 g/mol. The molecule has 0 radical (unpaired) electrons. The van der Waals surface area contributed by atoms with Gasteiger partial charge in [0.05, 0.1) is 17.2 Å². The molecule has 0 fully saturated rings. The van der Waals surface area contributed by atoms with Gasteiger partial charge in [-0.3, -0.25) is 4.79 Å². The molecular formula is C19H15F3N2O4. The van der Waals surface area contributed by atoms with E-state index in [9.17, 15) is 22.8 Å². The summed E-state index contributed by atoms with van der Waals surface area (Å²) in [4.78, 5) is 23.6. The second-order valence-electron chi connectivity index (χ2n) is 5.63. The van der Waals surface area contributed by atoms with E-state index in [0.717, 1.165) is 24.3 Å². The van der Waals surface area contributed by atoms with Gasteiger partial charge in [-0.15, -0.1) is 0 Å². The highest BCUT2D eigenvalue weighted by atomic mass is 19.4. The van der Waals surface area contributed by atoms with Crippen LogP contribution in [-0.2, 0) is 20.5 Å². The van der Waals surface area contributed by atoms with E-state index in [1.54, 1.807) is 0 Å². The molecule has 1 N–H and O–H groups in total. The first kappa shape index (κ1) is 20.8. The van der Waals surface area contributed by atoms with Gasteiger partial charge in [-0.2, -0.15) is 18.4 Å². The van der Waals surface area contributed by atoms with Crippen LogP contribution in [0.2, 0.25) is 0 Å². The number of anilines is 1. The summed E-state index contributed by atoms with van der Waals surface area (Å²) in [5, 5.41) is 11.0. The number of halogens is 3. The standard InChI is InChI=1S/C19H15F3N2O4/c1-12(28-16-8-2-13(10-23)3-9-16)18(26)27-11-17(25)24-15-6-4-14(5-7-15)19(20,21)22/h2-9,12H,11H2,1H3,(H,24,25)/t12-/m0/s1. The van der Waals surface area contributed by atoms with Crippen molar-refractivity contribution < 1.29 is 32.2 Å². The minimum Gasteiger partial charge on any atom is -0.479 e. The average Bonchev–Trinajstić information content (AvgIpc) is 2.66. The lowest BCUT2D eigenvalue weighted by molar-refractivity contribution is -0.153. The Bertz CT molecular complexity index is 872. The molecule has 0 aliphatic carbocycles. The second kappa shape index (κ2) is 8.90. The number of nitrogens with one attached hydrogen (secondary N) is 1. The Hall–Kier alpha value is -3.54. The third kappa shape index (κ3) is 6.02. The number of amides is 1. The molecule has 0 unspecified atom stereocenters. The normalized spacial score (nSPS) is 11.8. The van der Waals surface area contributed by atoms with Crippen molar-refractivity contribution >= 4 is 17.6 Å². The second-order valence-corrected chi connectivity index (χ2v) is 5.63. The first-order valence-electron chi connectivity index (χ1n) is 7.99. The number of nitrogens with zero attached hydrogens (tertiary/aromatic N) is 1. The van der Waals surface area contributed by atoms with E-state index in [0.29, 0.717) is 11.3 Å². The largest absolute Gasteiger partial charge is 0.479 e. The summed E-state index contributed by atoms with van der Waals surface area (Å²) in [5.41, 5.74) is -0.274. The fourth-order valence-corrected chi connectivity index (χ4v) is 2.05. The molecule has 0 aromatic heterocycles. The third-order valence-electron chi connectivity index (χ3n) is 3.47. The first-order chi connectivity index (χ1) is 13.2. The first-order valence-corrected chi connectivity index (χ1v) is 7.99. The molecular weight excluding hydrogens is 377 g/mol. The van der Waals surface area contributed by atoms with Gasteiger partial charge < -0.3 is 14.8 Å².